The van der Waals surface area contributed by atoms with Crippen molar-refractivity contribution in [3.63, 3.8) is 0 Å². The maximum absolute atomic E-state index is 12.6. The molecule has 3 rings (SSSR count). The Bertz CT molecular complexity index is 874. The number of amides is 1. The lowest BCUT2D eigenvalue weighted by atomic mass is 9.97. The van der Waals surface area contributed by atoms with Crippen LogP contribution in [-0.2, 0) is 23.8 Å². The summed E-state index contributed by atoms with van der Waals surface area (Å²) in [5.74, 6) is -1.21. The molecule has 7 heteroatoms. The topological polar surface area (TPSA) is 82.1 Å². The predicted octanol–water partition coefficient (Wildman–Crippen LogP) is 2.83. The number of esters is 2. The van der Waals surface area contributed by atoms with Gasteiger partial charge >= 0.3 is 18.0 Å². The van der Waals surface area contributed by atoms with E-state index < -0.39 is 36.2 Å². The lowest BCUT2D eigenvalue weighted by molar-refractivity contribution is -0.149. The quantitative estimate of drug-likeness (QED) is 0.594. The number of ether oxygens (including phenoxy) is 3. The van der Waals surface area contributed by atoms with E-state index in [4.69, 9.17) is 9.47 Å². The smallest absolute Gasteiger partial charge is 0.411 e. The highest BCUT2D eigenvalue weighted by atomic mass is 16.6. The van der Waals surface area contributed by atoms with Gasteiger partial charge in [-0.1, -0.05) is 42.5 Å². The van der Waals surface area contributed by atoms with Gasteiger partial charge in [-0.2, -0.15) is 0 Å². The number of cyclic esters (lactones) is 1. The number of carbonyl (C=O) groups is 3. The monoisotopic (exact) mass is 371 g/mol. The highest BCUT2D eigenvalue weighted by Crippen LogP contribution is 2.35. The van der Waals surface area contributed by atoms with Gasteiger partial charge in [0.05, 0.1) is 26.7 Å². The van der Waals surface area contributed by atoms with Crippen molar-refractivity contribution in [2.45, 2.75) is 31.5 Å². The maximum atomic E-state index is 12.6. The van der Waals surface area contributed by atoms with Crippen LogP contribution in [0.3, 0.4) is 0 Å². The van der Waals surface area contributed by atoms with E-state index in [0.29, 0.717) is 0 Å². The van der Waals surface area contributed by atoms with E-state index in [9.17, 15) is 14.4 Å². The molecule has 2 aromatic carbocycles. The minimum atomic E-state index is -1.03. The molecule has 1 fully saturated rings. The van der Waals surface area contributed by atoms with Crippen molar-refractivity contribution in [1.29, 1.82) is 0 Å². The minimum Gasteiger partial charge on any atom is -0.469 e. The first kappa shape index (κ1) is 18.7. The molecule has 2 aromatic rings. The number of fused-ring (bicyclic) bond motifs is 1. The normalized spacial score (nSPS) is 20.3. The average Bonchev–Trinajstić information content (AvgIpc) is 3.01. The van der Waals surface area contributed by atoms with Gasteiger partial charge in [0.15, 0.2) is 6.04 Å². The number of nitrogens with zero attached hydrogens (tertiary/aromatic N) is 1. The average molecular weight is 371 g/mol. The van der Waals surface area contributed by atoms with Gasteiger partial charge in [0, 0.05) is 0 Å². The van der Waals surface area contributed by atoms with E-state index in [-0.39, 0.29) is 6.42 Å². The fraction of sp³-hybridized carbons (Fsp3) is 0.350. The van der Waals surface area contributed by atoms with Crippen molar-refractivity contribution in [1.82, 2.24) is 4.90 Å². The molecule has 1 saturated heterocycles. The van der Waals surface area contributed by atoms with Crippen molar-refractivity contribution in [2.75, 3.05) is 14.2 Å². The molecule has 1 aliphatic heterocycles. The van der Waals surface area contributed by atoms with Gasteiger partial charge in [0.25, 0.3) is 0 Å². The molecule has 1 aliphatic rings. The summed E-state index contributed by atoms with van der Waals surface area (Å²) in [6, 6.07) is 12.1. The number of rotatable bonds is 5. The van der Waals surface area contributed by atoms with Crippen LogP contribution in [-0.4, -0.2) is 49.3 Å². The van der Waals surface area contributed by atoms with Crippen LogP contribution in [0.5, 0.6) is 0 Å². The number of carbonyl (C=O) groups excluding carboxylic acids is 3. The molecule has 3 atom stereocenters. The van der Waals surface area contributed by atoms with Crippen molar-refractivity contribution >= 4 is 28.8 Å². The maximum Gasteiger partial charge on any atom is 0.411 e. The van der Waals surface area contributed by atoms with E-state index in [1.54, 1.807) is 0 Å². The fourth-order valence-electron chi connectivity index (χ4n) is 3.50. The van der Waals surface area contributed by atoms with Crippen LogP contribution >= 0.6 is 0 Å². The van der Waals surface area contributed by atoms with Crippen LogP contribution in [0.1, 0.15) is 24.9 Å². The summed E-state index contributed by atoms with van der Waals surface area (Å²) in [4.78, 5) is 38.0. The zero-order chi connectivity index (χ0) is 19.6. The summed E-state index contributed by atoms with van der Waals surface area (Å²) < 4.78 is 14.8. The summed E-state index contributed by atoms with van der Waals surface area (Å²) in [6.07, 6.45) is -1.85. The van der Waals surface area contributed by atoms with Crippen LogP contribution in [0.2, 0.25) is 0 Å². The summed E-state index contributed by atoms with van der Waals surface area (Å²) in [6.45, 7) is 1.82. The molecule has 142 valence electrons. The molecule has 7 nitrogen and oxygen atoms in total. The van der Waals surface area contributed by atoms with Gasteiger partial charge in [-0.05, 0) is 23.3 Å². The first-order chi connectivity index (χ1) is 13.0. The second-order valence-corrected chi connectivity index (χ2v) is 6.32. The Kier molecular flexibility index (Phi) is 5.30. The van der Waals surface area contributed by atoms with Crippen molar-refractivity contribution in [2.24, 2.45) is 0 Å². The minimum absolute atomic E-state index is 0.221. The standard InChI is InChI=1S/C20H21NO6/c1-12(14-10-6-8-13-7-4-5-9-15(13)14)21-18(19(23)26-3)16(27-20(21)24)11-17(22)25-2/h4-10,12,16,18H,11H2,1-3H3. The Morgan fingerprint density at radius 3 is 2.52 bits per heavy atom. The number of hydrogen-bond acceptors (Lipinski definition) is 6. The van der Waals surface area contributed by atoms with Crippen molar-refractivity contribution < 1.29 is 28.6 Å². The zero-order valence-corrected chi connectivity index (χ0v) is 15.4. The van der Waals surface area contributed by atoms with Gasteiger partial charge in [0.1, 0.15) is 6.10 Å². The molecule has 27 heavy (non-hydrogen) atoms. The molecular weight excluding hydrogens is 350 g/mol. The van der Waals surface area contributed by atoms with Crippen LogP contribution in [0.15, 0.2) is 42.5 Å². The van der Waals surface area contributed by atoms with E-state index in [1.807, 2.05) is 49.4 Å². The Labute approximate surface area is 156 Å². The molecule has 1 heterocycles. The van der Waals surface area contributed by atoms with Crippen LogP contribution < -0.4 is 0 Å². The summed E-state index contributed by atoms with van der Waals surface area (Å²) in [5.41, 5.74) is 0.873. The third-order valence-corrected chi connectivity index (χ3v) is 4.84. The molecular formula is C20H21NO6. The molecule has 3 unspecified atom stereocenters. The van der Waals surface area contributed by atoms with Crippen LogP contribution in [0.4, 0.5) is 4.79 Å². The molecule has 0 N–H and O–H groups in total. The summed E-state index contributed by atoms with van der Waals surface area (Å²) >= 11 is 0. The highest BCUT2D eigenvalue weighted by Gasteiger charge is 2.50. The Morgan fingerprint density at radius 2 is 1.81 bits per heavy atom. The summed E-state index contributed by atoms with van der Waals surface area (Å²) in [7, 11) is 2.48. The third-order valence-electron chi connectivity index (χ3n) is 4.84. The molecule has 0 saturated carbocycles. The van der Waals surface area contributed by atoms with E-state index in [2.05, 4.69) is 4.74 Å². The second-order valence-electron chi connectivity index (χ2n) is 6.32. The van der Waals surface area contributed by atoms with E-state index in [0.717, 1.165) is 16.3 Å². The molecule has 0 radical (unpaired) electrons. The van der Waals surface area contributed by atoms with E-state index >= 15 is 0 Å². The molecule has 0 aliphatic carbocycles. The van der Waals surface area contributed by atoms with Crippen molar-refractivity contribution in [3.05, 3.63) is 48.0 Å². The van der Waals surface area contributed by atoms with Crippen molar-refractivity contribution in [3.8, 4) is 0 Å². The van der Waals surface area contributed by atoms with Crippen LogP contribution in [0.25, 0.3) is 10.8 Å². The summed E-state index contributed by atoms with van der Waals surface area (Å²) in [5, 5.41) is 2.00. The largest absolute Gasteiger partial charge is 0.469 e. The Morgan fingerprint density at radius 1 is 1.11 bits per heavy atom. The van der Waals surface area contributed by atoms with Gasteiger partial charge in [-0.25, -0.2) is 9.59 Å². The highest BCUT2D eigenvalue weighted by molar-refractivity contribution is 5.89. The third kappa shape index (κ3) is 3.45. The first-order valence-electron chi connectivity index (χ1n) is 8.59. The van der Waals surface area contributed by atoms with Gasteiger partial charge in [-0.3, -0.25) is 9.69 Å². The number of benzene rings is 2. The van der Waals surface area contributed by atoms with Gasteiger partial charge in [0.2, 0.25) is 0 Å². The molecule has 1 amide bonds. The second kappa shape index (κ2) is 7.65. The lowest BCUT2D eigenvalue weighted by Crippen LogP contribution is -2.45. The Hall–Kier alpha value is -3.09. The van der Waals surface area contributed by atoms with E-state index in [1.165, 1.54) is 19.1 Å². The fourth-order valence-corrected chi connectivity index (χ4v) is 3.50. The van der Waals surface area contributed by atoms with Gasteiger partial charge in [-0.15, -0.1) is 0 Å². The van der Waals surface area contributed by atoms with Gasteiger partial charge < -0.3 is 14.2 Å². The molecule has 0 aromatic heterocycles. The number of methoxy groups -OCH3 is 2. The Balaban J connectivity index is 2.00. The SMILES string of the molecule is COC(=O)CC1OC(=O)N(C(C)c2cccc3ccccc23)C1C(=O)OC. The number of hydrogen-bond donors (Lipinski definition) is 0. The molecule has 0 spiro atoms. The molecule has 0 bridgehead atoms. The zero-order valence-electron chi connectivity index (χ0n) is 15.4. The van der Waals surface area contributed by atoms with Crippen LogP contribution in [0, 0.1) is 0 Å². The lowest BCUT2D eigenvalue weighted by Gasteiger charge is -2.28. The predicted molar refractivity (Wildman–Crippen MR) is 96.9 cm³/mol. The first-order valence-corrected chi connectivity index (χ1v) is 8.59.